The number of amides is 2. The first-order valence-corrected chi connectivity index (χ1v) is 7.94. The summed E-state index contributed by atoms with van der Waals surface area (Å²) in [5, 5.41) is 6.10. The number of ether oxygens (including phenoxy) is 2. The van der Waals surface area contributed by atoms with Crippen molar-refractivity contribution in [2.75, 3.05) is 13.7 Å². The number of carbonyl (C=O) groups excluding carboxylic acids is 2. The Labute approximate surface area is 149 Å². The highest BCUT2D eigenvalue weighted by atomic mass is 79.9. The quantitative estimate of drug-likeness (QED) is 0.318. The summed E-state index contributed by atoms with van der Waals surface area (Å²) in [6.45, 7) is 7.47. The van der Waals surface area contributed by atoms with Gasteiger partial charge in [-0.05, 0) is 47.5 Å². The zero-order valence-electron chi connectivity index (χ0n) is 13.8. The molecule has 0 aliphatic carbocycles. The van der Waals surface area contributed by atoms with Gasteiger partial charge in [-0.2, -0.15) is 5.10 Å². The molecule has 8 heteroatoms. The number of benzene rings is 1. The number of nitrogens with zero attached hydrogens (tertiary/aromatic N) is 1. The summed E-state index contributed by atoms with van der Waals surface area (Å²) in [4.78, 5) is 22.8. The molecule has 130 valence electrons. The zero-order chi connectivity index (χ0) is 18.1. The zero-order valence-corrected chi connectivity index (χ0v) is 15.3. The molecule has 7 nitrogen and oxygen atoms in total. The number of halogens is 1. The molecule has 2 amide bonds. The third kappa shape index (κ3) is 6.04. The molecule has 0 saturated heterocycles. The van der Waals surface area contributed by atoms with Crippen LogP contribution in [0.3, 0.4) is 0 Å². The largest absolute Gasteiger partial charge is 0.493 e. The lowest BCUT2D eigenvalue weighted by Gasteiger charge is -2.15. The van der Waals surface area contributed by atoms with Crippen LogP contribution in [0.15, 0.2) is 34.4 Å². The van der Waals surface area contributed by atoms with Gasteiger partial charge in [0.1, 0.15) is 0 Å². The molecular formula is C16H20BrN3O4. The van der Waals surface area contributed by atoms with Gasteiger partial charge in [0, 0.05) is 6.54 Å². The van der Waals surface area contributed by atoms with Crippen LogP contribution in [0.2, 0.25) is 0 Å². The highest BCUT2D eigenvalue weighted by molar-refractivity contribution is 9.10. The molecule has 0 saturated carbocycles. The Bertz CT molecular complexity index is 644. The van der Waals surface area contributed by atoms with Gasteiger partial charge in [-0.1, -0.05) is 6.08 Å². The lowest BCUT2D eigenvalue weighted by molar-refractivity contribution is -0.139. The van der Waals surface area contributed by atoms with E-state index in [9.17, 15) is 9.59 Å². The Morgan fingerprint density at radius 3 is 2.67 bits per heavy atom. The van der Waals surface area contributed by atoms with Gasteiger partial charge in [0.2, 0.25) is 0 Å². The maximum absolute atomic E-state index is 11.5. The van der Waals surface area contributed by atoms with Crippen molar-refractivity contribution in [1.29, 1.82) is 0 Å². The van der Waals surface area contributed by atoms with Crippen LogP contribution in [0.4, 0.5) is 0 Å². The van der Waals surface area contributed by atoms with E-state index in [0.717, 1.165) is 0 Å². The van der Waals surface area contributed by atoms with Gasteiger partial charge in [-0.3, -0.25) is 9.59 Å². The van der Waals surface area contributed by atoms with Gasteiger partial charge in [0.25, 0.3) is 0 Å². The highest BCUT2D eigenvalue weighted by Gasteiger charge is 2.13. The first-order valence-electron chi connectivity index (χ1n) is 7.15. The van der Waals surface area contributed by atoms with Gasteiger partial charge < -0.3 is 14.8 Å². The summed E-state index contributed by atoms with van der Waals surface area (Å²) < 4.78 is 11.7. The molecule has 0 radical (unpaired) electrons. The third-order valence-corrected chi connectivity index (χ3v) is 3.19. The lowest BCUT2D eigenvalue weighted by Crippen LogP contribution is -2.37. The van der Waals surface area contributed by atoms with Crippen molar-refractivity contribution in [3.63, 3.8) is 0 Å². The molecular weight excluding hydrogens is 378 g/mol. The second-order valence-electron chi connectivity index (χ2n) is 4.90. The predicted octanol–water partition coefficient (Wildman–Crippen LogP) is 2.00. The van der Waals surface area contributed by atoms with Gasteiger partial charge in [-0.15, -0.1) is 6.58 Å². The van der Waals surface area contributed by atoms with E-state index in [1.807, 2.05) is 13.8 Å². The number of rotatable bonds is 7. The van der Waals surface area contributed by atoms with Crippen LogP contribution < -0.4 is 20.2 Å². The summed E-state index contributed by atoms with van der Waals surface area (Å²) in [6, 6.07) is 3.46. The average molecular weight is 398 g/mol. The average Bonchev–Trinajstić information content (AvgIpc) is 2.54. The lowest BCUT2D eigenvalue weighted by atomic mass is 10.2. The van der Waals surface area contributed by atoms with Crippen LogP contribution in [0.25, 0.3) is 0 Å². The van der Waals surface area contributed by atoms with Gasteiger partial charge in [0.15, 0.2) is 11.5 Å². The second kappa shape index (κ2) is 9.71. The normalized spacial score (nSPS) is 10.5. The Kier molecular flexibility index (Phi) is 7.97. The summed E-state index contributed by atoms with van der Waals surface area (Å²) in [5.74, 6) is -0.544. The van der Waals surface area contributed by atoms with E-state index in [0.29, 0.717) is 21.5 Å². The van der Waals surface area contributed by atoms with E-state index in [2.05, 4.69) is 38.4 Å². The SMILES string of the molecule is C=CCNC(=O)C(=O)N/N=C\c1cc(Br)c(OC(C)C)c(OC)c1. The van der Waals surface area contributed by atoms with Gasteiger partial charge in [-0.25, -0.2) is 5.43 Å². The number of nitrogens with one attached hydrogen (secondary N) is 2. The van der Waals surface area contributed by atoms with Crippen molar-refractivity contribution in [2.24, 2.45) is 5.10 Å². The van der Waals surface area contributed by atoms with Crippen LogP contribution in [0, 0.1) is 0 Å². The molecule has 0 spiro atoms. The Morgan fingerprint density at radius 2 is 2.08 bits per heavy atom. The third-order valence-electron chi connectivity index (χ3n) is 2.60. The Morgan fingerprint density at radius 1 is 1.38 bits per heavy atom. The molecule has 24 heavy (non-hydrogen) atoms. The number of carbonyl (C=O) groups is 2. The molecule has 2 N–H and O–H groups in total. The molecule has 0 atom stereocenters. The molecule has 0 aliphatic heterocycles. The molecule has 1 aromatic carbocycles. The number of hydrazone groups is 1. The van der Waals surface area contributed by atoms with Crippen molar-refractivity contribution in [1.82, 2.24) is 10.7 Å². The molecule has 1 aromatic rings. The van der Waals surface area contributed by atoms with Crippen molar-refractivity contribution >= 4 is 34.0 Å². The summed E-state index contributed by atoms with van der Waals surface area (Å²) in [5.41, 5.74) is 2.79. The maximum Gasteiger partial charge on any atom is 0.329 e. The van der Waals surface area contributed by atoms with Crippen LogP contribution in [-0.2, 0) is 9.59 Å². The fourth-order valence-electron chi connectivity index (χ4n) is 1.63. The van der Waals surface area contributed by atoms with Crippen molar-refractivity contribution in [3.05, 3.63) is 34.8 Å². The van der Waals surface area contributed by atoms with Crippen molar-refractivity contribution in [3.8, 4) is 11.5 Å². The minimum absolute atomic E-state index is 0.0110. The standard InChI is InChI=1S/C16H20BrN3O4/c1-5-6-18-15(21)16(22)20-19-9-11-7-12(17)14(24-10(2)3)13(8-11)23-4/h5,7-10H,1,6H2,2-4H3,(H,18,21)(H,20,22)/b19-9-. The van der Waals surface area contributed by atoms with E-state index >= 15 is 0 Å². The van der Waals surface area contributed by atoms with Crippen molar-refractivity contribution in [2.45, 2.75) is 20.0 Å². The molecule has 0 aliphatic rings. The van der Waals surface area contributed by atoms with E-state index < -0.39 is 11.8 Å². The number of hydrogen-bond donors (Lipinski definition) is 2. The number of hydrogen-bond acceptors (Lipinski definition) is 5. The van der Waals surface area contributed by atoms with E-state index in [4.69, 9.17) is 9.47 Å². The minimum atomic E-state index is -0.862. The molecule has 0 bridgehead atoms. The van der Waals surface area contributed by atoms with Crippen LogP contribution in [0.1, 0.15) is 19.4 Å². The molecule has 0 fully saturated rings. The van der Waals surface area contributed by atoms with E-state index in [1.54, 1.807) is 12.1 Å². The molecule has 0 heterocycles. The van der Waals surface area contributed by atoms with Crippen molar-refractivity contribution < 1.29 is 19.1 Å². The van der Waals surface area contributed by atoms with Gasteiger partial charge >= 0.3 is 11.8 Å². The van der Waals surface area contributed by atoms with Crippen LogP contribution >= 0.6 is 15.9 Å². The summed E-state index contributed by atoms with van der Waals surface area (Å²) >= 11 is 3.41. The molecule has 0 aromatic heterocycles. The van der Waals surface area contributed by atoms with Crippen LogP contribution in [-0.4, -0.2) is 37.8 Å². The first kappa shape index (κ1) is 19.7. The smallest absolute Gasteiger partial charge is 0.329 e. The first-order chi connectivity index (χ1) is 11.4. The summed E-state index contributed by atoms with van der Waals surface area (Å²) in [6.07, 6.45) is 2.85. The minimum Gasteiger partial charge on any atom is -0.493 e. The Balaban J connectivity index is 2.81. The molecule has 0 unspecified atom stereocenters. The van der Waals surface area contributed by atoms with Crippen LogP contribution in [0.5, 0.6) is 11.5 Å². The van der Waals surface area contributed by atoms with Gasteiger partial charge in [0.05, 0.1) is 23.9 Å². The Hall–Kier alpha value is -2.35. The predicted molar refractivity (Wildman–Crippen MR) is 95.4 cm³/mol. The fraction of sp³-hybridized carbons (Fsp3) is 0.312. The summed E-state index contributed by atoms with van der Waals surface area (Å²) in [7, 11) is 1.53. The monoisotopic (exact) mass is 397 g/mol. The number of methoxy groups -OCH3 is 1. The molecule has 1 rings (SSSR count). The highest BCUT2D eigenvalue weighted by Crippen LogP contribution is 2.36. The fourth-order valence-corrected chi connectivity index (χ4v) is 2.18. The topological polar surface area (TPSA) is 89.0 Å². The maximum atomic E-state index is 11.5. The van der Waals surface area contributed by atoms with E-state index in [-0.39, 0.29) is 12.6 Å². The van der Waals surface area contributed by atoms with E-state index in [1.165, 1.54) is 19.4 Å². The second-order valence-corrected chi connectivity index (χ2v) is 5.75.